The molecule has 1 aromatic rings. The van der Waals surface area contributed by atoms with Gasteiger partial charge in [0.2, 0.25) is 0 Å². The fraction of sp³-hybridized carbons (Fsp3) is 0.400. The van der Waals surface area contributed by atoms with Crippen molar-refractivity contribution in [3.05, 3.63) is 34.9 Å². The van der Waals surface area contributed by atoms with Crippen LogP contribution in [-0.2, 0) is 12.3 Å². The molecule has 0 amide bonds. The summed E-state index contributed by atoms with van der Waals surface area (Å²) in [5, 5.41) is 0. The molecule has 0 fully saturated rings. The van der Waals surface area contributed by atoms with E-state index in [9.17, 15) is 17.6 Å². The largest absolute Gasteiger partial charge is 0.273 e. The molecule has 0 atom stereocenters. The number of halogens is 4. The van der Waals surface area contributed by atoms with Crippen LogP contribution in [0.2, 0.25) is 0 Å². The molecule has 0 aliphatic heterocycles. The molecule has 4 heteroatoms. The summed E-state index contributed by atoms with van der Waals surface area (Å²) in [5.74, 6) is -4.89. The normalized spacial score (nSPS) is 19.1. The zero-order valence-electron chi connectivity index (χ0n) is 7.29. The third-order valence-electron chi connectivity index (χ3n) is 2.47. The third-order valence-corrected chi connectivity index (χ3v) is 2.47. The number of hydrogen-bond donors (Lipinski definition) is 0. The molecule has 0 heterocycles. The van der Waals surface area contributed by atoms with Crippen LogP contribution in [-0.4, -0.2) is 0 Å². The van der Waals surface area contributed by atoms with Gasteiger partial charge < -0.3 is 0 Å². The lowest BCUT2D eigenvalue weighted by Gasteiger charge is -2.25. The second kappa shape index (κ2) is 2.97. The van der Waals surface area contributed by atoms with E-state index in [0.717, 1.165) is 6.07 Å². The predicted molar refractivity (Wildman–Crippen MR) is 43.2 cm³/mol. The van der Waals surface area contributed by atoms with Crippen LogP contribution in [0.4, 0.5) is 17.6 Å². The van der Waals surface area contributed by atoms with Crippen molar-refractivity contribution in [2.45, 2.75) is 25.2 Å². The summed E-state index contributed by atoms with van der Waals surface area (Å²) < 4.78 is 52.3. The van der Waals surface area contributed by atoms with Gasteiger partial charge in [0, 0.05) is 18.1 Å². The first-order valence-electron chi connectivity index (χ1n) is 4.37. The van der Waals surface area contributed by atoms with Gasteiger partial charge in [0.05, 0.1) is 0 Å². The maximum atomic E-state index is 13.2. The fourth-order valence-electron chi connectivity index (χ4n) is 1.81. The number of benzene rings is 1. The topological polar surface area (TPSA) is 0 Å². The number of alkyl halides is 2. The Labute approximate surface area is 78.5 Å². The lowest BCUT2D eigenvalue weighted by molar-refractivity contribution is -0.0226. The summed E-state index contributed by atoms with van der Waals surface area (Å²) in [7, 11) is 0. The fourth-order valence-corrected chi connectivity index (χ4v) is 1.81. The van der Waals surface area contributed by atoms with Crippen molar-refractivity contribution in [3.63, 3.8) is 0 Å². The van der Waals surface area contributed by atoms with Crippen molar-refractivity contribution in [3.8, 4) is 0 Å². The van der Waals surface area contributed by atoms with E-state index in [4.69, 9.17) is 0 Å². The van der Waals surface area contributed by atoms with Crippen molar-refractivity contribution in [1.29, 1.82) is 0 Å². The molecule has 0 N–H and O–H groups in total. The smallest absolute Gasteiger partial charge is 0.207 e. The standard InChI is InChI=1S/C10H8F4/c11-6-4-8-7(9(12)5-6)2-1-3-10(8,13)14/h4-5H,1-3H2. The van der Waals surface area contributed by atoms with Gasteiger partial charge in [-0.2, -0.15) is 0 Å². The van der Waals surface area contributed by atoms with Crippen LogP contribution < -0.4 is 0 Å². The first kappa shape index (κ1) is 9.49. The maximum Gasteiger partial charge on any atom is 0.273 e. The first-order chi connectivity index (χ1) is 6.50. The number of fused-ring (bicyclic) bond motifs is 1. The molecular formula is C10H8F4. The Morgan fingerprint density at radius 2 is 1.86 bits per heavy atom. The minimum atomic E-state index is -3.09. The Balaban J connectivity index is 2.63. The average Bonchev–Trinajstić information content (AvgIpc) is 2.06. The van der Waals surface area contributed by atoms with Gasteiger partial charge in [-0.15, -0.1) is 0 Å². The molecule has 0 radical (unpaired) electrons. The maximum absolute atomic E-state index is 13.2. The molecule has 0 saturated carbocycles. The van der Waals surface area contributed by atoms with Crippen molar-refractivity contribution in [2.24, 2.45) is 0 Å². The third kappa shape index (κ3) is 1.38. The molecule has 0 nitrogen and oxygen atoms in total. The lowest BCUT2D eigenvalue weighted by Crippen LogP contribution is -2.22. The zero-order chi connectivity index (χ0) is 10.3. The van der Waals surface area contributed by atoms with Crippen LogP contribution in [0.1, 0.15) is 24.0 Å². The minimum absolute atomic E-state index is 0.0392. The highest BCUT2D eigenvalue weighted by Crippen LogP contribution is 2.41. The average molecular weight is 204 g/mol. The molecule has 1 aromatic carbocycles. The van der Waals surface area contributed by atoms with Crippen LogP contribution in [0.15, 0.2) is 12.1 Å². The first-order valence-corrected chi connectivity index (χ1v) is 4.37. The summed E-state index contributed by atoms with van der Waals surface area (Å²) in [6.07, 6.45) is 0.169. The second-order valence-corrected chi connectivity index (χ2v) is 3.47. The van der Waals surface area contributed by atoms with Gasteiger partial charge in [0.1, 0.15) is 11.6 Å². The Morgan fingerprint density at radius 1 is 1.14 bits per heavy atom. The van der Waals surface area contributed by atoms with Gasteiger partial charge in [-0.25, -0.2) is 17.6 Å². The van der Waals surface area contributed by atoms with Gasteiger partial charge in [0.25, 0.3) is 5.92 Å². The van der Waals surface area contributed by atoms with Crippen LogP contribution in [0.5, 0.6) is 0 Å². The Bertz CT molecular complexity index is 371. The van der Waals surface area contributed by atoms with E-state index in [1.54, 1.807) is 0 Å². The molecule has 76 valence electrons. The molecule has 0 bridgehead atoms. The summed E-state index contributed by atoms with van der Waals surface area (Å²) in [5.41, 5.74) is -0.524. The van der Waals surface area contributed by atoms with Gasteiger partial charge in [-0.1, -0.05) is 0 Å². The van der Waals surface area contributed by atoms with Gasteiger partial charge in [-0.3, -0.25) is 0 Å². The van der Waals surface area contributed by atoms with Crippen LogP contribution >= 0.6 is 0 Å². The number of rotatable bonds is 0. The molecule has 1 aliphatic carbocycles. The second-order valence-electron chi connectivity index (χ2n) is 3.47. The highest BCUT2D eigenvalue weighted by molar-refractivity contribution is 5.35. The van der Waals surface area contributed by atoms with E-state index in [2.05, 4.69) is 0 Å². The van der Waals surface area contributed by atoms with E-state index in [1.807, 2.05) is 0 Å². The molecule has 14 heavy (non-hydrogen) atoms. The predicted octanol–water partition coefficient (Wildman–Crippen LogP) is 3.39. The summed E-state index contributed by atoms with van der Waals surface area (Å²) in [4.78, 5) is 0. The quantitative estimate of drug-likeness (QED) is 0.568. The summed E-state index contributed by atoms with van der Waals surface area (Å²) in [6.45, 7) is 0. The highest BCUT2D eigenvalue weighted by atomic mass is 19.3. The molecule has 1 aliphatic rings. The molecule has 0 spiro atoms. The van der Waals surface area contributed by atoms with E-state index in [-0.39, 0.29) is 24.8 Å². The molecule has 0 unspecified atom stereocenters. The monoisotopic (exact) mass is 204 g/mol. The summed E-state index contributed by atoms with van der Waals surface area (Å²) in [6, 6.07) is 1.39. The van der Waals surface area contributed by atoms with E-state index in [0.29, 0.717) is 6.07 Å². The van der Waals surface area contributed by atoms with Crippen LogP contribution in [0.3, 0.4) is 0 Å². The van der Waals surface area contributed by atoms with Crippen molar-refractivity contribution >= 4 is 0 Å². The van der Waals surface area contributed by atoms with E-state index >= 15 is 0 Å². The van der Waals surface area contributed by atoms with Crippen molar-refractivity contribution in [2.75, 3.05) is 0 Å². The Hall–Kier alpha value is -1.06. The Kier molecular flexibility index (Phi) is 2.01. The summed E-state index contributed by atoms with van der Waals surface area (Å²) >= 11 is 0. The van der Waals surface area contributed by atoms with E-state index in [1.165, 1.54) is 0 Å². The molecular weight excluding hydrogens is 196 g/mol. The Morgan fingerprint density at radius 3 is 2.57 bits per heavy atom. The van der Waals surface area contributed by atoms with E-state index < -0.39 is 23.1 Å². The van der Waals surface area contributed by atoms with Gasteiger partial charge in [-0.05, 0) is 24.5 Å². The lowest BCUT2D eigenvalue weighted by atomic mass is 9.88. The SMILES string of the molecule is Fc1cc(F)c2c(c1)C(F)(F)CCC2. The van der Waals surface area contributed by atoms with Crippen molar-refractivity contribution < 1.29 is 17.6 Å². The van der Waals surface area contributed by atoms with Crippen molar-refractivity contribution in [1.82, 2.24) is 0 Å². The highest BCUT2D eigenvalue weighted by Gasteiger charge is 2.38. The molecule has 0 saturated heterocycles. The molecule has 0 aromatic heterocycles. The zero-order valence-corrected chi connectivity index (χ0v) is 7.29. The van der Waals surface area contributed by atoms with Gasteiger partial charge >= 0.3 is 0 Å². The van der Waals surface area contributed by atoms with Crippen LogP contribution in [0.25, 0.3) is 0 Å². The molecule has 2 rings (SSSR count). The van der Waals surface area contributed by atoms with Gasteiger partial charge in [0.15, 0.2) is 0 Å². The minimum Gasteiger partial charge on any atom is -0.207 e. The van der Waals surface area contributed by atoms with Crippen LogP contribution in [0, 0.1) is 11.6 Å². The number of hydrogen-bond acceptors (Lipinski definition) is 0.